The molecule has 2 heteroatoms. The molecule has 0 spiro atoms. The van der Waals surface area contributed by atoms with Gasteiger partial charge in [0, 0.05) is 11.5 Å². The Balaban J connectivity index is 2.06. The number of nitrogens with two attached hydrogens (primary N) is 1. The maximum Gasteiger partial charge on any atom is 0.0802 e. The van der Waals surface area contributed by atoms with Crippen molar-refractivity contribution in [1.29, 1.82) is 0 Å². The Bertz CT molecular complexity index is 608. The summed E-state index contributed by atoms with van der Waals surface area (Å²) in [6, 6.07) is 18.0. The molecule has 0 aromatic heterocycles. The molecule has 2 nitrogen and oxygen atoms in total. The molecule has 0 aliphatic rings. The van der Waals surface area contributed by atoms with Crippen molar-refractivity contribution >= 4 is 0 Å². The van der Waals surface area contributed by atoms with Gasteiger partial charge in [-0.25, -0.2) is 0 Å². The SMILES string of the molecule is CC(C#Cc1ccc([C@H](O)CCN)cc1)c1ccccc1. The molecule has 0 saturated heterocycles. The fraction of sp³-hybridized carbons (Fsp3) is 0.263. The minimum Gasteiger partial charge on any atom is -0.388 e. The quantitative estimate of drug-likeness (QED) is 0.844. The van der Waals surface area contributed by atoms with Crippen LogP contribution in [0.25, 0.3) is 0 Å². The van der Waals surface area contributed by atoms with Crippen molar-refractivity contribution in [1.82, 2.24) is 0 Å². The maximum atomic E-state index is 9.86. The molecule has 0 amide bonds. The predicted molar refractivity (Wildman–Crippen MR) is 86.8 cm³/mol. The van der Waals surface area contributed by atoms with Crippen molar-refractivity contribution in [2.45, 2.75) is 25.4 Å². The van der Waals surface area contributed by atoms with Crippen LogP contribution in [0, 0.1) is 11.8 Å². The Morgan fingerprint density at radius 1 is 1.00 bits per heavy atom. The van der Waals surface area contributed by atoms with Gasteiger partial charge in [-0.3, -0.25) is 0 Å². The second kappa shape index (κ2) is 7.64. The van der Waals surface area contributed by atoms with Crippen molar-refractivity contribution in [3.8, 4) is 11.8 Å². The van der Waals surface area contributed by atoms with Crippen LogP contribution in [0.1, 0.15) is 42.1 Å². The molecular weight excluding hydrogens is 258 g/mol. The summed E-state index contributed by atoms with van der Waals surface area (Å²) in [4.78, 5) is 0. The standard InChI is InChI=1S/C19H21NO/c1-15(17-5-3-2-4-6-17)7-8-16-9-11-18(12-10-16)19(21)13-14-20/h2-6,9-12,15,19,21H,13-14,20H2,1H3/t15?,19-/m1/s1. The Labute approximate surface area is 126 Å². The summed E-state index contributed by atoms with van der Waals surface area (Å²) in [6.45, 7) is 2.58. The van der Waals surface area contributed by atoms with E-state index in [2.05, 4.69) is 30.9 Å². The highest BCUT2D eigenvalue weighted by Crippen LogP contribution is 2.17. The average molecular weight is 279 g/mol. The Morgan fingerprint density at radius 3 is 2.29 bits per heavy atom. The molecule has 108 valence electrons. The van der Waals surface area contributed by atoms with E-state index in [0.717, 1.165) is 11.1 Å². The second-order valence-corrected chi connectivity index (χ2v) is 5.12. The van der Waals surface area contributed by atoms with Crippen molar-refractivity contribution in [3.63, 3.8) is 0 Å². The third-order valence-corrected chi connectivity index (χ3v) is 3.47. The highest BCUT2D eigenvalue weighted by molar-refractivity contribution is 5.39. The van der Waals surface area contributed by atoms with Crippen LogP contribution in [0.4, 0.5) is 0 Å². The van der Waals surface area contributed by atoms with Crippen molar-refractivity contribution in [3.05, 3.63) is 71.3 Å². The zero-order valence-corrected chi connectivity index (χ0v) is 12.3. The summed E-state index contributed by atoms with van der Waals surface area (Å²) >= 11 is 0. The third-order valence-electron chi connectivity index (χ3n) is 3.47. The third kappa shape index (κ3) is 4.46. The van der Waals surface area contributed by atoms with E-state index < -0.39 is 6.10 Å². The van der Waals surface area contributed by atoms with Crippen LogP contribution in [-0.4, -0.2) is 11.7 Å². The van der Waals surface area contributed by atoms with Crippen molar-refractivity contribution in [2.24, 2.45) is 5.73 Å². The molecule has 3 N–H and O–H groups in total. The van der Waals surface area contributed by atoms with E-state index >= 15 is 0 Å². The lowest BCUT2D eigenvalue weighted by molar-refractivity contribution is 0.170. The highest BCUT2D eigenvalue weighted by Gasteiger charge is 2.05. The smallest absolute Gasteiger partial charge is 0.0802 e. The highest BCUT2D eigenvalue weighted by atomic mass is 16.3. The number of aliphatic hydroxyl groups excluding tert-OH is 1. The topological polar surface area (TPSA) is 46.2 Å². The molecule has 2 aromatic rings. The van der Waals surface area contributed by atoms with Crippen molar-refractivity contribution < 1.29 is 5.11 Å². The van der Waals surface area contributed by atoms with Gasteiger partial charge < -0.3 is 10.8 Å². The largest absolute Gasteiger partial charge is 0.388 e. The van der Waals surface area contributed by atoms with Gasteiger partial charge in [0.1, 0.15) is 0 Å². The Hall–Kier alpha value is -2.08. The molecule has 2 atom stereocenters. The van der Waals surface area contributed by atoms with E-state index in [1.807, 2.05) is 42.5 Å². The molecule has 2 aromatic carbocycles. The van der Waals surface area contributed by atoms with Gasteiger partial charge in [0.2, 0.25) is 0 Å². The molecule has 1 unspecified atom stereocenters. The minimum atomic E-state index is -0.486. The molecule has 21 heavy (non-hydrogen) atoms. The molecular formula is C19H21NO. The van der Waals surface area contributed by atoms with Crippen LogP contribution < -0.4 is 5.73 Å². The summed E-state index contributed by atoms with van der Waals surface area (Å²) in [7, 11) is 0. The van der Waals surface area contributed by atoms with E-state index in [4.69, 9.17) is 5.73 Å². The molecule has 0 aliphatic heterocycles. The normalized spacial score (nSPS) is 13.1. The average Bonchev–Trinajstić information content (AvgIpc) is 2.54. The minimum absolute atomic E-state index is 0.203. The van der Waals surface area contributed by atoms with Crippen LogP contribution in [-0.2, 0) is 0 Å². The van der Waals surface area contributed by atoms with Gasteiger partial charge >= 0.3 is 0 Å². The number of rotatable bonds is 4. The Morgan fingerprint density at radius 2 is 1.67 bits per heavy atom. The summed E-state index contributed by atoms with van der Waals surface area (Å²) in [5.74, 6) is 6.64. The van der Waals surface area contributed by atoms with Crippen molar-refractivity contribution in [2.75, 3.05) is 6.54 Å². The monoisotopic (exact) mass is 279 g/mol. The van der Waals surface area contributed by atoms with Crippen LogP contribution >= 0.6 is 0 Å². The molecule has 0 fully saturated rings. The fourth-order valence-corrected chi connectivity index (χ4v) is 2.13. The van der Waals surface area contributed by atoms with E-state index in [9.17, 15) is 5.11 Å². The Kier molecular flexibility index (Phi) is 5.57. The van der Waals surface area contributed by atoms with E-state index in [1.54, 1.807) is 0 Å². The first-order valence-electron chi connectivity index (χ1n) is 7.25. The van der Waals surface area contributed by atoms with Crippen LogP contribution in [0.3, 0.4) is 0 Å². The van der Waals surface area contributed by atoms with Gasteiger partial charge in [-0.15, -0.1) is 0 Å². The first-order chi connectivity index (χ1) is 10.2. The van der Waals surface area contributed by atoms with Gasteiger partial charge in [-0.1, -0.05) is 54.3 Å². The summed E-state index contributed by atoms with van der Waals surface area (Å²) in [5, 5.41) is 9.86. The molecule has 0 aliphatic carbocycles. The fourth-order valence-electron chi connectivity index (χ4n) is 2.13. The number of benzene rings is 2. The zero-order chi connectivity index (χ0) is 15.1. The van der Waals surface area contributed by atoms with Gasteiger partial charge in [0.15, 0.2) is 0 Å². The first kappa shape index (κ1) is 15.3. The van der Waals surface area contributed by atoms with E-state index in [-0.39, 0.29) is 5.92 Å². The predicted octanol–water partition coefficient (Wildman–Crippen LogP) is 3.22. The van der Waals surface area contributed by atoms with E-state index in [0.29, 0.717) is 13.0 Å². The van der Waals surface area contributed by atoms with Crippen LogP contribution in [0.2, 0.25) is 0 Å². The lowest BCUT2D eigenvalue weighted by Crippen LogP contribution is -2.06. The van der Waals surface area contributed by atoms with Gasteiger partial charge in [0.05, 0.1) is 6.10 Å². The molecule has 0 bridgehead atoms. The first-order valence-corrected chi connectivity index (χ1v) is 7.25. The number of hydrogen-bond acceptors (Lipinski definition) is 2. The van der Waals surface area contributed by atoms with Gasteiger partial charge in [0.25, 0.3) is 0 Å². The molecule has 0 radical (unpaired) electrons. The van der Waals surface area contributed by atoms with Crippen LogP contribution in [0.5, 0.6) is 0 Å². The lowest BCUT2D eigenvalue weighted by atomic mass is 10.0. The summed E-state index contributed by atoms with van der Waals surface area (Å²) in [6.07, 6.45) is 0.0936. The number of aliphatic hydroxyl groups is 1. The summed E-state index contributed by atoms with van der Waals surface area (Å²) < 4.78 is 0. The number of hydrogen-bond donors (Lipinski definition) is 2. The maximum absolute atomic E-state index is 9.86. The lowest BCUT2D eigenvalue weighted by Gasteiger charge is -2.09. The summed E-state index contributed by atoms with van der Waals surface area (Å²) in [5.41, 5.74) is 8.52. The van der Waals surface area contributed by atoms with Gasteiger partial charge in [-0.05, 0) is 43.1 Å². The van der Waals surface area contributed by atoms with Crippen LogP contribution in [0.15, 0.2) is 54.6 Å². The molecule has 0 saturated carbocycles. The second-order valence-electron chi connectivity index (χ2n) is 5.12. The molecule has 2 rings (SSSR count). The van der Waals surface area contributed by atoms with Gasteiger partial charge in [-0.2, -0.15) is 0 Å². The van der Waals surface area contributed by atoms with E-state index in [1.165, 1.54) is 5.56 Å². The zero-order valence-electron chi connectivity index (χ0n) is 12.3. The molecule has 0 heterocycles.